The van der Waals surface area contributed by atoms with Crippen molar-refractivity contribution in [2.24, 2.45) is 5.41 Å². The highest BCUT2D eigenvalue weighted by molar-refractivity contribution is 5.77. The Labute approximate surface area is 132 Å². The zero-order valence-electron chi connectivity index (χ0n) is 14.3. The summed E-state index contributed by atoms with van der Waals surface area (Å²) < 4.78 is 5.34. The van der Waals surface area contributed by atoms with E-state index in [4.69, 9.17) is 4.74 Å². The fourth-order valence-electron chi connectivity index (χ4n) is 2.64. The number of nitrogens with zero attached hydrogens (tertiary/aromatic N) is 1. The highest BCUT2D eigenvalue weighted by atomic mass is 16.6. The van der Waals surface area contributed by atoms with Crippen LogP contribution in [0.5, 0.6) is 0 Å². The Bertz CT molecular complexity index is 421. The molecule has 1 fully saturated rings. The molecule has 1 amide bonds. The second-order valence-corrected chi connectivity index (χ2v) is 7.90. The number of aliphatic hydroxyl groups is 1. The van der Waals surface area contributed by atoms with Gasteiger partial charge in [0.15, 0.2) is 0 Å². The number of rotatable bonds is 4. The van der Waals surface area contributed by atoms with Crippen LogP contribution in [0.25, 0.3) is 0 Å². The van der Waals surface area contributed by atoms with Gasteiger partial charge in [-0.2, -0.15) is 0 Å². The molecular weight excluding hydrogens is 286 g/mol. The minimum atomic E-state index is -1.00. The van der Waals surface area contributed by atoms with Crippen molar-refractivity contribution in [1.29, 1.82) is 0 Å². The Morgan fingerprint density at radius 2 is 1.82 bits per heavy atom. The molecule has 128 valence electrons. The van der Waals surface area contributed by atoms with Gasteiger partial charge in [0, 0.05) is 13.1 Å². The SMILES string of the molecule is CC(C)(O)CCC1(C(=O)O)CCCN(C(=O)OC(C)(C)C)C1. The van der Waals surface area contributed by atoms with Gasteiger partial charge in [-0.25, -0.2) is 4.79 Å². The topological polar surface area (TPSA) is 87.1 Å². The largest absolute Gasteiger partial charge is 0.481 e. The van der Waals surface area contributed by atoms with Gasteiger partial charge in [0.1, 0.15) is 5.60 Å². The third-order valence-corrected chi connectivity index (χ3v) is 3.90. The normalized spacial score (nSPS) is 23.3. The number of hydrogen-bond donors (Lipinski definition) is 2. The van der Waals surface area contributed by atoms with Gasteiger partial charge in [-0.3, -0.25) is 4.79 Å². The molecule has 1 rings (SSSR count). The summed E-state index contributed by atoms with van der Waals surface area (Å²) in [5.74, 6) is -0.912. The summed E-state index contributed by atoms with van der Waals surface area (Å²) >= 11 is 0. The molecule has 0 radical (unpaired) electrons. The van der Waals surface area contributed by atoms with E-state index in [0.717, 1.165) is 0 Å². The minimum absolute atomic E-state index is 0.132. The van der Waals surface area contributed by atoms with Crippen LogP contribution < -0.4 is 0 Å². The molecule has 0 bridgehead atoms. The molecule has 0 aliphatic carbocycles. The quantitative estimate of drug-likeness (QED) is 0.833. The second-order valence-electron chi connectivity index (χ2n) is 7.90. The van der Waals surface area contributed by atoms with Gasteiger partial charge < -0.3 is 19.8 Å². The van der Waals surface area contributed by atoms with Gasteiger partial charge in [0.25, 0.3) is 0 Å². The molecule has 2 N–H and O–H groups in total. The molecule has 22 heavy (non-hydrogen) atoms. The highest BCUT2D eigenvalue weighted by Crippen LogP contribution is 2.37. The zero-order valence-corrected chi connectivity index (χ0v) is 14.3. The summed E-state index contributed by atoms with van der Waals surface area (Å²) in [5.41, 5.74) is -2.53. The van der Waals surface area contributed by atoms with Crippen LogP contribution in [-0.4, -0.2) is 51.5 Å². The number of piperidine rings is 1. The third kappa shape index (κ3) is 5.48. The van der Waals surface area contributed by atoms with Gasteiger partial charge in [-0.05, 0) is 60.3 Å². The summed E-state index contributed by atoms with van der Waals surface area (Å²) in [6.07, 6.45) is 1.38. The van der Waals surface area contributed by atoms with E-state index in [2.05, 4.69) is 0 Å². The minimum Gasteiger partial charge on any atom is -0.481 e. The first-order valence-electron chi connectivity index (χ1n) is 7.78. The van der Waals surface area contributed by atoms with E-state index in [1.165, 1.54) is 4.90 Å². The van der Waals surface area contributed by atoms with Gasteiger partial charge in [-0.15, -0.1) is 0 Å². The summed E-state index contributed by atoms with van der Waals surface area (Å²) in [7, 11) is 0. The monoisotopic (exact) mass is 315 g/mol. The van der Waals surface area contributed by atoms with Gasteiger partial charge in [0.05, 0.1) is 11.0 Å². The van der Waals surface area contributed by atoms with E-state index in [9.17, 15) is 19.8 Å². The standard InChI is InChI=1S/C16H29NO5/c1-14(2,3)22-13(20)17-10-6-7-16(11-17,12(18)19)9-8-15(4,5)21/h21H,6-11H2,1-5H3,(H,18,19). The van der Waals surface area contributed by atoms with Crippen LogP contribution in [0.15, 0.2) is 0 Å². The Morgan fingerprint density at radius 1 is 1.23 bits per heavy atom. The lowest BCUT2D eigenvalue weighted by Crippen LogP contribution is -2.51. The third-order valence-electron chi connectivity index (χ3n) is 3.90. The molecular formula is C16H29NO5. The number of ether oxygens (including phenoxy) is 1. The van der Waals surface area contributed by atoms with E-state index >= 15 is 0 Å². The molecule has 1 atom stereocenters. The molecule has 0 spiro atoms. The fourth-order valence-corrected chi connectivity index (χ4v) is 2.64. The summed E-state index contributed by atoms with van der Waals surface area (Å²) in [4.78, 5) is 25.5. The molecule has 1 unspecified atom stereocenters. The van der Waals surface area contributed by atoms with Crippen molar-refractivity contribution in [3.8, 4) is 0 Å². The number of carbonyl (C=O) groups is 2. The number of carbonyl (C=O) groups excluding carboxylic acids is 1. The van der Waals surface area contributed by atoms with Crippen molar-refractivity contribution in [2.45, 2.75) is 71.5 Å². The summed E-state index contributed by atoms with van der Waals surface area (Å²) in [6, 6.07) is 0. The van der Waals surface area contributed by atoms with Crippen LogP contribution in [0.1, 0.15) is 60.3 Å². The molecule has 0 aromatic rings. The predicted molar refractivity (Wildman–Crippen MR) is 82.6 cm³/mol. The molecule has 6 heteroatoms. The van der Waals surface area contributed by atoms with Crippen molar-refractivity contribution < 1.29 is 24.5 Å². The molecule has 1 saturated heterocycles. The maximum Gasteiger partial charge on any atom is 0.410 e. The first kappa shape index (κ1) is 18.7. The first-order valence-corrected chi connectivity index (χ1v) is 7.78. The number of aliphatic carboxylic acids is 1. The van der Waals surface area contributed by atoms with Gasteiger partial charge in [-0.1, -0.05) is 0 Å². The molecule has 0 aromatic carbocycles. The maximum absolute atomic E-state index is 12.2. The van der Waals surface area contributed by atoms with Crippen molar-refractivity contribution in [2.75, 3.05) is 13.1 Å². The van der Waals surface area contributed by atoms with Crippen molar-refractivity contribution in [3.63, 3.8) is 0 Å². The number of likely N-dealkylation sites (tertiary alicyclic amines) is 1. The fraction of sp³-hybridized carbons (Fsp3) is 0.875. The lowest BCUT2D eigenvalue weighted by molar-refractivity contribution is -0.153. The van der Waals surface area contributed by atoms with Gasteiger partial charge >= 0.3 is 12.1 Å². The van der Waals surface area contributed by atoms with Crippen LogP contribution in [-0.2, 0) is 9.53 Å². The lowest BCUT2D eigenvalue weighted by atomic mass is 9.74. The van der Waals surface area contributed by atoms with Crippen LogP contribution >= 0.6 is 0 Å². The summed E-state index contributed by atoms with van der Waals surface area (Å²) in [5, 5.41) is 19.5. The average molecular weight is 315 g/mol. The van der Waals surface area contributed by atoms with E-state index < -0.39 is 28.7 Å². The van der Waals surface area contributed by atoms with E-state index in [1.807, 2.05) is 0 Å². The highest BCUT2D eigenvalue weighted by Gasteiger charge is 2.44. The first-order chi connectivity index (χ1) is 9.85. The molecule has 0 aromatic heterocycles. The van der Waals surface area contributed by atoms with Crippen molar-refractivity contribution >= 4 is 12.1 Å². The smallest absolute Gasteiger partial charge is 0.410 e. The van der Waals surface area contributed by atoms with Crippen LogP contribution in [0.4, 0.5) is 4.79 Å². The van der Waals surface area contributed by atoms with Crippen LogP contribution in [0.3, 0.4) is 0 Å². The van der Waals surface area contributed by atoms with E-state index in [1.54, 1.807) is 34.6 Å². The Balaban J connectivity index is 2.83. The number of carboxylic acid groups (broad SMARTS) is 1. The van der Waals surface area contributed by atoms with Crippen LogP contribution in [0, 0.1) is 5.41 Å². The number of carboxylic acids is 1. The zero-order chi connectivity index (χ0) is 17.2. The molecule has 1 aliphatic heterocycles. The van der Waals surface area contributed by atoms with Crippen molar-refractivity contribution in [3.05, 3.63) is 0 Å². The average Bonchev–Trinajstić information content (AvgIpc) is 2.33. The molecule has 1 aliphatic rings. The second kappa shape index (κ2) is 6.44. The molecule has 1 heterocycles. The van der Waals surface area contributed by atoms with E-state index in [-0.39, 0.29) is 6.54 Å². The Hall–Kier alpha value is -1.30. The number of amides is 1. The Kier molecular flexibility index (Phi) is 5.49. The lowest BCUT2D eigenvalue weighted by Gasteiger charge is -2.41. The predicted octanol–water partition coefficient (Wildman–Crippen LogP) is 2.64. The van der Waals surface area contributed by atoms with Crippen molar-refractivity contribution in [1.82, 2.24) is 4.90 Å². The van der Waals surface area contributed by atoms with Crippen LogP contribution in [0.2, 0.25) is 0 Å². The van der Waals surface area contributed by atoms with Gasteiger partial charge in [0.2, 0.25) is 0 Å². The molecule has 6 nitrogen and oxygen atoms in total. The summed E-state index contributed by atoms with van der Waals surface area (Å²) in [6.45, 7) is 9.32. The Morgan fingerprint density at radius 3 is 2.27 bits per heavy atom. The molecule has 0 saturated carbocycles. The maximum atomic E-state index is 12.2. The number of hydrogen-bond acceptors (Lipinski definition) is 4. The van der Waals surface area contributed by atoms with E-state index in [0.29, 0.717) is 32.2 Å².